The van der Waals surface area contributed by atoms with E-state index in [4.69, 9.17) is 0 Å². The molecule has 0 aliphatic heterocycles. The molecule has 0 saturated heterocycles. The number of pyridine rings is 1. The van der Waals surface area contributed by atoms with Crippen LogP contribution in [0.3, 0.4) is 0 Å². The van der Waals surface area contributed by atoms with Crippen molar-refractivity contribution in [2.45, 2.75) is 32.1 Å². The fourth-order valence-electron chi connectivity index (χ4n) is 3.52. The second kappa shape index (κ2) is 12.9. The Labute approximate surface area is 190 Å². The molecule has 32 heavy (non-hydrogen) atoms. The Morgan fingerprint density at radius 2 is 1.62 bits per heavy atom. The summed E-state index contributed by atoms with van der Waals surface area (Å²) in [5.41, 5.74) is 4.62. The molecule has 0 spiro atoms. The first-order valence-electron chi connectivity index (χ1n) is 11.1. The number of rotatable bonds is 13. The number of aromatic hydroxyl groups is 1. The van der Waals surface area contributed by atoms with E-state index in [1.807, 2.05) is 36.5 Å². The van der Waals surface area contributed by atoms with E-state index >= 15 is 0 Å². The highest BCUT2D eigenvalue weighted by atomic mass is 16.3. The fraction of sp³-hybridized carbons (Fsp3) is 0.346. The van der Waals surface area contributed by atoms with Gasteiger partial charge in [0.1, 0.15) is 5.75 Å². The summed E-state index contributed by atoms with van der Waals surface area (Å²) in [5, 5.41) is 25.9. The van der Waals surface area contributed by atoms with Crippen molar-refractivity contribution < 1.29 is 10.2 Å². The summed E-state index contributed by atoms with van der Waals surface area (Å²) in [6.45, 7) is 4.34. The molecule has 0 aliphatic rings. The Hall–Kier alpha value is -2.77. The second-order valence-electron chi connectivity index (χ2n) is 8.18. The zero-order valence-electron chi connectivity index (χ0n) is 18.7. The lowest BCUT2D eigenvalue weighted by atomic mass is 10.1. The van der Waals surface area contributed by atoms with Crippen molar-refractivity contribution in [1.82, 2.24) is 20.5 Å². The van der Waals surface area contributed by atoms with Crippen LogP contribution in [-0.2, 0) is 26.1 Å². The highest BCUT2D eigenvalue weighted by molar-refractivity contribution is 5.26. The monoisotopic (exact) mass is 434 g/mol. The number of phenols is 1. The molecule has 170 valence electrons. The molecule has 2 aromatic carbocycles. The Bertz CT molecular complexity index is 901. The molecule has 6 heteroatoms. The lowest BCUT2D eigenvalue weighted by molar-refractivity contribution is 0.241. The van der Waals surface area contributed by atoms with Gasteiger partial charge in [-0.3, -0.25) is 4.98 Å². The van der Waals surface area contributed by atoms with E-state index in [-0.39, 0.29) is 18.4 Å². The molecule has 0 unspecified atom stereocenters. The predicted octanol–water partition coefficient (Wildman–Crippen LogP) is 2.70. The fourth-order valence-corrected chi connectivity index (χ4v) is 3.52. The minimum absolute atomic E-state index is 0.0241. The minimum Gasteiger partial charge on any atom is -0.508 e. The van der Waals surface area contributed by atoms with Gasteiger partial charge in [-0.15, -0.1) is 0 Å². The summed E-state index contributed by atoms with van der Waals surface area (Å²) in [6.07, 6.45) is 2.54. The standard InChI is InChI=1S/C26H34N4O2/c1-30(15-14-27-18-24-4-2-3-13-28-24)19-23-7-5-22(6-8-23)17-29-25(20-31)16-21-9-11-26(32)12-10-21/h2-13,25,27,29,31-32H,14-20H2,1H3/t25-/m0/s1. The van der Waals surface area contributed by atoms with Crippen molar-refractivity contribution in [3.63, 3.8) is 0 Å². The van der Waals surface area contributed by atoms with Crippen molar-refractivity contribution in [1.29, 1.82) is 0 Å². The first kappa shape index (κ1) is 23.9. The third-order valence-corrected chi connectivity index (χ3v) is 5.41. The number of phenolic OH excluding ortho intramolecular Hbond substituents is 1. The van der Waals surface area contributed by atoms with Crippen molar-refractivity contribution in [3.8, 4) is 5.75 Å². The number of nitrogens with one attached hydrogen (secondary N) is 2. The van der Waals surface area contributed by atoms with E-state index < -0.39 is 0 Å². The van der Waals surface area contributed by atoms with Crippen LogP contribution in [0.5, 0.6) is 5.75 Å². The van der Waals surface area contributed by atoms with E-state index in [2.05, 4.69) is 51.8 Å². The topological polar surface area (TPSA) is 80.7 Å². The summed E-state index contributed by atoms with van der Waals surface area (Å²) >= 11 is 0. The molecule has 1 atom stereocenters. The number of likely N-dealkylation sites (N-methyl/N-ethyl adjacent to an activating group) is 1. The van der Waals surface area contributed by atoms with Crippen LogP contribution in [0.1, 0.15) is 22.4 Å². The van der Waals surface area contributed by atoms with Crippen molar-refractivity contribution >= 4 is 0 Å². The summed E-state index contributed by atoms with van der Waals surface area (Å²) in [4.78, 5) is 6.63. The van der Waals surface area contributed by atoms with Crippen LogP contribution < -0.4 is 10.6 Å². The van der Waals surface area contributed by atoms with Crippen LogP contribution in [0.4, 0.5) is 0 Å². The van der Waals surface area contributed by atoms with Gasteiger partial charge < -0.3 is 25.7 Å². The largest absolute Gasteiger partial charge is 0.508 e. The molecule has 0 fully saturated rings. The van der Waals surface area contributed by atoms with Gasteiger partial charge in [0.05, 0.1) is 12.3 Å². The molecule has 4 N–H and O–H groups in total. The number of aliphatic hydroxyl groups excluding tert-OH is 1. The quantitative estimate of drug-likeness (QED) is 0.310. The zero-order chi connectivity index (χ0) is 22.6. The number of nitrogens with zero attached hydrogens (tertiary/aromatic N) is 2. The molecular formula is C26H34N4O2. The van der Waals surface area contributed by atoms with Gasteiger partial charge in [-0.05, 0) is 54.4 Å². The van der Waals surface area contributed by atoms with E-state index in [1.165, 1.54) is 11.1 Å². The molecule has 3 aromatic rings. The highest BCUT2D eigenvalue weighted by Gasteiger charge is 2.08. The second-order valence-corrected chi connectivity index (χ2v) is 8.18. The normalized spacial score (nSPS) is 12.2. The summed E-state index contributed by atoms with van der Waals surface area (Å²) in [5.74, 6) is 0.258. The average Bonchev–Trinajstić information content (AvgIpc) is 2.82. The van der Waals surface area contributed by atoms with E-state index in [0.717, 1.165) is 37.4 Å². The maximum atomic E-state index is 9.69. The lowest BCUT2D eigenvalue weighted by Crippen LogP contribution is -2.34. The first-order chi connectivity index (χ1) is 15.6. The zero-order valence-corrected chi connectivity index (χ0v) is 18.7. The van der Waals surface area contributed by atoms with Crippen molar-refractivity contribution in [2.24, 2.45) is 0 Å². The Morgan fingerprint density at radius 1 is 0.906 bits per heavy atom. The summed E-state index contributed by atoms with van der Waals surface area (Å²) < 4.78 is 0. The molecule has 1 heterocycles. The van der Waals surface area contributed by atoms with Gasteiger partial charge in [0, 0.05) is 45.0 Å². The number of aliphatic hydroxyl groups is 1. The van der Waals surface area contributed by atoms with Gasteiger partial charge >= 0.3 is 0 Å². The molecule has 6 nitrogen and oxygen atoms in total. The van der Waals surface area contributed by atoms with Gasteiger partial charge in [0.15, 0.2) is 0 Å². The predicted molar refractivity (Wildman–Crippen MR) is 128 cm³/mol. The Balaban J connectivity index is 1.36. The molecule has 0 aliphatic carbocycles. The lowest BCUT2D eigenvalue weighted by Gasteiger charge is -2.18. The van der Waals surface area contributed by atoms with Gasteiger partial charge in [-0.1, -0.05) is 42.5 Å². The van der Waals surface area contributed by atoms with Crippen molar-refractivity contribution in [2.75, 3.05) is 26.7 Å². The number of benzene rings is 2. The molecule has 0 bridgehead atoms. The molecule has 0 saturated carbocycles. The SMILES string of the molecule is CN(CCNCc1ccccn1)Cc1ccc(CN[C@H](CO)Cc2ccc(O)cc2)cc1. The van der Waals surface area contributed by atoms with Gasteiger partial charge in [-0.25, -0.2) is 0 Å². The third-order valence-electron chi connectivity index (χ3n) is 5.41. The Kier molecular flexibility index (Phi) is 9.65. The summed E-state index contributed by atoms with van der Waals surface area (Å²) in [7, 11) is 2.13. The molecule has 1 aromatic heterocycles. The van der Waals surface area contributed by atoms with E-state index in [0.29, 0.717) is 13.0 Å². The smallest absolute Gasteiger partial charge is 0.115 e. The number of aromatic nitrogens is 1. The van der Waals surface area contributed by atoms with Gasteiger partial charge in [-0.2, -0.15) is 0 Å². The maximum Gasteiger partial charge on any atom is 0.115 e. The summed E-state index contributed by atoms with van der Waals surface area (Å²) in [6, 6.07) is 21.7. The van der Waals surface area contributed by atoms with Crippen LogP contribution in [-0.4, -0.2) is 52.9 Å². The molecule has 0 radical (unpaired) electrons. The minimum atomic E-state index is -0.0241. The van der Waals surface area contributed by atoms with Crippen molar-refractivity contribution in [3.05, 3.63) is 95.3 Å². The third kappa shape index (κ3) is 8.40. The van der Waals surface area contributed by atoms with E-state index in [9.17, 15) is 10.2 Å². The van der Waals surface area contributed by atoms with E-state index in [1.54, 1.807) is 12.1 Å². The van der Waals surface area contributed by atoms with Crippen LogP contribution in [0.2, 0.25) is 0 Å². The Morgan fingerprint density at radius 3 is 2.31 bits per heavy atom. The molecule has 0 amide bonds. The molecule has 3 rings (SSSR count). The van der Waals surface area contributed by atoms with Gasteiger partial charge in [0.25, 0.3) is 0 Å². The maximum absolute atomic E-state index is 9.69. The van der Waals surface area contributed by atoms with Crippen LogP contribution >= 0.6 is 0 Å². The van der Waals surface area contributed by atoms with Gasteiger partial charge in [0.2, 0.25) is 0 Å². The van der Waals surface area contributed by atoms with Crippen LogP contribution in [0, 0.1) is 0 Å². The number of hydrogen-bond donors (Lipinski definition) is 4. The first-order valence-corrected chi connectivity index (χ1v) is 11.1. The van der Waals surface area contributed by atoms with Crippen LogP contribution in [0.25, 0.3) is 0 Å². The number of hydrogen-bond acceptors (Lipinski definition) is 6. The highest BCUT2D eigenvalue weighted by Crippen LogP contribution is 2.12. The van der Waals surface area contributed by atoms with Crippen LogP contribution in [0.15, 0.2) is 72.9 Å². The molecular weight excluding hydrogens is 400 g/mol. The average molecular weight is 435 g/mol.